The number of unbranched alkanes of at least 4 members (excludes halogenated alkanes) is 3. The second kappa shape index (κ2) is 15.2. The Morgan fingerprint density at radius 2 is 1.90 bits per heavy atom. The molecule has 2 amide bonds. The molecule has 7 nitrogen and oxygen atoms in total. The number of aryl methyl sites for hydroxylation is 1. The van der Waals surface area contributed by atoms with Gasteiger partial charge in [-0.2, -0.15) is 0 Å². The number of allylic oxidation sites excluding steroid dienone is 3. The fraction of sp³-hybridized carbons (Fsp3) is 0.333. The standard InChI is InChI=1S/C31H37N3O4.C2H2/c1-3-4-5-8-11-24-25-15-14-23(31(37)33-20-22-13-16-28(35)29(18-22)38-2)19-27(25)34-21-30(36)32-17-10-7-6-9-12-26(24)34;1-2/h6-7,9-10,13-16,18-19,35H,3-5,8,11-12,17,20-21H2,1-2H3,(H,32,36)(H,33,37);1-2H/b9-6-,10-7-;. The van der Waals surface area contributed by atoms with Crippen molar-refractivity contribution in [2.45, 2.75) is 58.5 Å². The third-order valence-corrected chi connectivity index (χ3v) is 6.94. The zero-order valence-electron chi connectivity index (χ0n) is 23.4. The van der Waals surface area contributed by atoms with Crippen LogP contribution in [-0.4, -0.2) is 35.1 Å². The number of phenols is 1. The molecule has 0 saturated heterocycles. The second-order valence-electron chi connectivity index (χ2n) is 9.61. The van der Waals surface area contributed by atoms with Crippen LogP contribution in [0.15, 0.2) is 60.7 Å². The Bertz CT molecular complexity index is 1400. The van der Waals surface area contributed by atoms with Gasteiger partial charge in [0.25, 0.3) is 5.91 Å². The van der Waals surface area contributed by atoms with Crippen molar-refractivity contribution in [3.8, 4) is 24.3 Å². The largest absolute Gasteiger partial charge is 0.504 e. The normalized spacial score (nSPS) is 14.6. The number of phenolic OH excluding ortho intramolecular Hbond substituents is 1. The fourth-order valence-corrected chi connectivity index (χ4v) is 4.93. The van der Waals surface area contributed by atoms with E-state index >= 15 is 0 Å². The quantitative estimate of drug-likeness (QED) is 0.248. The van der Waals surface area contributed by atoms with Gasteiger partial charge in [-0.3, -0.25) is 9.59 Å². The van der Waals surface area contributed by atoms with Crippen molar-refractivity contribution in [1.29, 1.82) is 0 Å². The number of carbonyl (C=O) groups is 2. The summed E-state index contributed by atoms with van der Waals surface area (Å²) in [6, 6.07) is 10.8. The lowest BCUT2D eigenvalue weighted by atomic mass is 10.0. The van der Waals surface area contributed by atoms with Crippen molar-refractivity contribution < 1.29 is 19.4 Å². The summed E-state index contributed by atoms with van der Waals surface area (Å²) in [5, 5.41) is 16.8. The summed E-state index contributed by atoms with van der Waals surface area (Å²) in [6.07, 6.45) is 22.4. The molecule has 0 atom stereocenters. The Labute approximate surface area is 236 Å². The smallest absolute Gasteiger partial charge is 0.251 e. The number of methoxy groups -OCH3 is 1. The zero-order valence-corrected chi connectivity index (χ0v) is 23.4. The molecule has 0 bridgehead atoms. The Balaban J connectivity index is 0.00000216. The molecule has 2 heterocycles. The maximum absolute atomic E-state index is 13.1. The predicted octanol–water partition coefficient (Wildman–Crippen LogP) is 5.44. The molecule has 0 unspecified atom stereocenters. The third-order valence-electron chi connectivity index (χ3n) is 6.94. The molecule has 0 fully saturated rings. The van der Waals surface area contributed by atoms with Gasteiger partial charge in [0.2, 0.25) is 5.91 Å². The highest BCUT2D eigenvalue weighted by molar-refractivity contribution is 5.99. The Kier molecular flexibility index (Phi) is 11.5. The molecule has 0 saturated carbocycles. The minimum Gasteiger partial charge on any atom is -0.504 e. The molecule has 1 aliphatic heterocycles. The van der Waals surface area contributed by atoms with Crippen LogP contribution in [0.3, 0.4) is 0 Å². The molecular formula is C33H39N3O4. The van der Waals surface area contributed by atoms with Crippen LogP contribution in [0.25, 0.3) is 10.9 Å². The number of amides is 2. The van der Waals surface area contributed by atoms with E-state index in [1.165, 1.54) is 31.9 Å². The van der Waals surface area contributed by atoms with E-state index < -0.39 is 0 Å². The number of nitrogens with zero attached hydrogens (tertiary/aromatic N) is 1. The minimum absolute atomic E-state index is 0.0524. The van der Waals surface area contributed by atoms with E-state index in [-0.39, 0.29) is 24.1 Å². The van der Waals surface area contributed by atoms with Gasteiger partial charge < -0.3 is 25.0 Å². The molecule has 0 radical (unpaired) electrons. The summed E-state index contributed by atoms with van der Waals surface area (Å²) in [5.41, 5.74) is 4.65. The van der Waals surface area contributed by atoms with Crippen LogP contribution in [-0.2, 0) is 30.7 Å². The molecule has 7 heteroatoms. The van der Waals surface area contributed by atoms with Crippen LogP contribution >= 0.6 is 0 Å². The first-order valence-corrected chi connectivity index (χ1v) is 13.7. The van der Waals surface area contributed by atoms with Crippen LogP contribution in [0.2, 0.25) is 0 Å². The number of aromatic nitrogens is 1. The monoisotopic (exact) mass is 541 g/mol. The zero-order chi connectivity index (χ0) is 28.9. The van der Waals surface area contributed by atoms with Gasteiger partial charge in [-0.15, -0.1) is 12.8 Å². The van der Waals surface area contributed by atoms with Gasteiger partial charge >= 0.3 is 0 Å². The number of aromatic hydroxyl groups is 1. The van der Waals surface area contributed by atoms with Crippen LogP contribution in [0.1, 0.15) is 59.8 Å². The molecule has 210 valence electrons. The first kappa shape index (κ1) is 30.1. The first-order valence-electron chi connectivity index (χ1n) is 13.7. The Morgan fingerprint density at radius 3 is 2.67 bits per heavy atom. The summed E-state index contributed by atoms with van der Waals surface area (Å²) >= 11 is 0. The molecule has 3 aromatic rings. The number of fused-ring (bicyclic) bond motifs is 3. The highest BCUT2D eigenvalue weighted by atomic mass is 16.5. The van der Waals surface area contributed by atoms with E-state index in [9.17, 15) is 14.7 Å². The van der Waals surface area contributed by atoms with Crippen molar-refractivity contribution in [2.24, 2.45) is 0 Å². The first-order chi connectivity index (χ1) is 19.5. The van der Waals surface area contributed by atoms with E-state index in [0.717, 1.165) is 41.4 Å². The topological polar surface area (TPSA) is 92.6 Å². The number of ether oxygens (including phenoxy) is 1. The summed E-state index contributed by atoms with van der Waals surface area (Å²) in [5.74, 6) is 0.161. The average molecular weight is 542 g/mol. The molecule has 1 aliphatic rings. The molecule has 2 aromatic carbocycles. The van der Waals surface area contributed by atoms with Crippen molar-refractivity contribution in [3.05, 3.63) is 83.1 Å². The Hall–Kier alpha value is -4.44. The highest BCUT2D eigenvalue weighted by Crippen LogP contribution is 2.30. The summed E-state index contributed by atoms with van der Waals surface area (Å²) in [4.78, 5) is 25.9. The van der Waals surface area contributed by atoms with E-state index in [1.54, 1.807) is 18.2 Å². The average Bonchev–Trinajstić information content (AvgIpc) is 3.23. The van der Waals surface area contributed by atoms with Gasteiger partial charge in [0.1, 0.15) is 6.54 Å². The predicted molar refractivity (Wildman–Crippen MR) is 160 cm³/mol. The summed E-state index contributed by atoms with van der Waals surface area (Å²) in [6.45, 7) is 3.20. The number of rotatable bonds is 9. The lowest BCUT2D eigenvalue weighted by molar-refractivity contribution is -0.121. The number of terminal acetylenes is 1. The van der Waals surface area contributed by atoms with Gasteiger partial charge in [-0.25, -0.2) is 0 Å². The molecular weight excluding hydrogens is 502 g/mol. The fourth-order valence-electron chi connectivity index (χ4n) is 4.93. The van der Waals surface area contributed by atoms with Gasteiger partial charge in [0.05, 0.1) is 7.11 Å². The van der Waals surface area contributed by atoms with Gasteiger partial charge in [-0.05, 0) is 48.2 Å². The number of hydrogen-bond donors (Lipinski definition) is 3. The maximum atomic E-state index is 13.1. The highest BCUT2D eigenvalue weighted by Gasteiger charge is 2.20. The molecule has 0 aliphatic carbocycles. The molecule has 0 spiro atoms. The molecule has 40 heavy (non-hydrogen) atoms. The van der Waals surface area contributed by atoms with Gasteiger partial charge in [0, 0.05) is 41.7 Å². The second-order valence-corrected chi connectivity index (χ2v) is 9.61. The van der Waals surface area contributed by atoms with Crippen molar-refractivity contribution >= 4 is 22.7 Å². The summed E-state index contributed by atoms with van der Waals surface area (Å²) < 4.78 is 7.25. The lowest BCUT2D eigenvalue weighted by Crippen LogP contribution is -2.28. The third kappa shape index (κ3) is 7.57. The number of carbonyl (C=O) groups excluding carboxylic acids is 2. The summed E-state index contributed by atoms with van der Waals surface area (Å²) in [7, 11) is 1.49. The van der Waals surface area contributed by atoms with Crippen LogP contribution in [0, 0.1) is 12.8 Å². The van der Waals surface area contributed by atoms with E-state index in [0.29, 0.717) is 24.4 Å². The molecule has 1 aromatic heterocycles. The minimum atomic E-state index is -0.204. The Morgan fingerprint density at radius 1 is 1.10 bits per heavy atom. The van der Waals surface area contributed by atoms with Gasteiger partial charge in [0.15, 0.2) is 11.5 Å². The van der Waals surface area contributed by atoms with Crippen LogP contribution in [0.5, 0.6) is 11.5 Å². The van der Waals surface area contributed by atoms with Crippen molar-refractivity contribution in [2.75, 3.05) is 13.7 Å². The number of hydrogen-bond acceptors (Lipinski definition) is 4. The number of benzene rings is 2. The van der Waals surface area contributed by atoms with E-state index in [1.807, 2.05) is 36.4 Å². The van der Waals surface area contributed by atoms with Crippen LogP contribution in [0.4, 0.5) is 0 Å². The maximum Gasteiger partial charge on any atom is 0.251 e. The van der Waals surface area contributed by atoms with Crippen LogP contribution < -0.4 is 15.4 Å². The van der Waals surface area contributed by atoms with E-state index in [2.05, 4.69) is 41.0 Å². The van der Waals surface area contributed by atoms with Crippen molar-refractivity contribution in [1.82, 2.24) is 15.2 Å². The number of nitrogens with one attached hydrogen (secondary N) is 2. The van der Waals surface area contributed by atoms with Crippen molar-refractivity contribution in [3.63, 3.8) is 0 Å². The van der Waals surface area contributed by atoms with Gasteiger partial charge in [-0.1, -0.05) is 62.6 Å². The molecule has 3 N–H and O–H groups in total. The molecule has 4 rings (SSSR count). The lowest BCUT2D eigenvalue weighted by Gasteiger charge is -2.12. The van der Waals surface area contributed by atoms with E-state index in [4.69, 9.17) is 4.74 Å². The SMILES string of the molecule is C#C.CCCCCCc1c2n(c3cc(C(=O)NCc4ccc(O)c(OC)c4)ccc13)CC(=O)NC/C=C\C=C/C2.